The van der Waals surface area contributed by atoms with Gasteiger partial charge in [-0.25, -0.2) is 0 Å². The monoisotopic (exact) mass is 307 g/mol. The predicted octanol–water partition coefficient (Wildman–Crippen LogP) is 4.28. The number of hydrogen-bond donors (Lipinski definition) is 1. The summed E-state index contributed by atoms with van der Waals surface area (Å²) in [7, 11) is 1.96. The Morgan fingerprint density at radius 3 is 3.15 bits per heavy atom. The molecule has 20 heavy (non-hydrogen) atoms. The maximum atomic E-state index is 6.15. The van der Waals surface area contributed by atoms with E-state index in [1.54, 1.807) is 0 Å². The van der Waals surface area contributed by atoms with Crippen molar-refractivity contribution in [2.45, 2.75) is 30.7 Å². The van der Waals surface area contributed by atoms with Gasteiger partial charge >= 0.3 is 0 Å². The fourth-order valence-electron chi connectivity index (χ4n) is 2.62. The van der Waals surface area contributed by atoms with E-state index >= 15 is 0 Å². The van der Waals surface area contributed by atoms with Crippen molar-refractivity contribution in [2.75, 3.05) is 11.1 Å². The topological polar surface area (TPSA) is 29.9 Å². The molecular weight excluding hydrogens is 290 g/mol. The zero-order valence-electron chi connectivity index (χ0n) is 11.7. The molecule has 0 saturated heterocycles. The van der Waals surface area contributed by atoms with Crippen molar-refractivity contribution in [1.29, 1.82) is 0 Å². The molecule has 1 N–H and O–H groups in total. The van der Waals surface area contributed by atoms with Gasteiger partial charge in [-0.05, 0) is 36.6 Å². The van der Waals surface area contributed by atoms with Crippen molar-refractivity contribution in [3.05, 3.63) is 40.7 Å². The van der Waals surface area contributed by atoms with Crippen LogP contribution in [0.25, 0.3) is 0 Å². The summed E-state index contributed by atoms with van der Waals surface area (Å²) in [6.07, 6.45) is 4.11. The Kier molecular flexibility index (Phi) is 3.94. The number of anilines is 1. The minimum Gasteiger partial charge on any atom is -0.375 e. The average molecular weight is 308 g/mol. The van der Waals surface area contributed by atoms with E-state index in [1.807, 2.05) is 29.6 Å². The van der Waals surface area contributed by atoms with Crippen LogP contribution in [-0.2, 0) is 13.5 Å². The Hall–Kier alpha value is -1.13. The standard InChI is InChI=1S/C15H18ClN3S/c1-3-12-14(9-19(2)18-12)17-13-6-7-20-15-5-4-10(16)8-11(13)15/h4-5,8-9,13,17H,3,6-7H2,1-2H3. The summed E-state index contributed by atoms with van der Waals surface area (Å²) < 4.78 is 1.87. The summed E-state index contributed by atoms with van der Waals surface area (Å²) in [6.45, 7) is 2.13. The Balaban J connectivity index is 1.91. The number of aryl methyl sites for hydroxylation is 2. The highest BCUT2D eigenvalue weighted by Gasteiger charge is 2.22. The van der Waals surface area contributed by atoms with Gasteiger partial charge in [0, 0.05) is 28.9 Å². The Morgan fingerprint density at radius 1 is 1.50 bits per heavy atom. The molecule has 1 aliphatic heterocycles. The molecule has 2 aromatic rings. The van der Waals surface area contributed by atoms with Crippen molar-refractivity contribution < 1.29 is 0 Å². The van der Waals surface area contributed by atoms with Crippen LogP contribution in [0.1, 0.15) is 30.6 Å². The van der Waals surface area contributed by atoms with Crippen molar-refractivity contribution in [1.82, 2.24) is 9.78 Å². The maximum Gasteiger partial charge on any atom is 0.0853 e. The normalized spacial score (nSPS) is 17.9. The Labute approximate surface area is 128 Å². The van der Waals surface area contributed by atoms with Gasteiger partial charge in [0.2, 0.25) is 0 Å². The molecule has 0 amide bonds. The molecule has 3 nitrogen and oxygen atoms in total. The number of benzene rings is 1. The van der Waals surface area contributed by atoms with E-state index in [-0.39, 0.29) is 0 Å². The highest BCUT2D eigenvalue weighted by molar-refractivity contribution is 7.99. The molecular formula is C15H18ClN3S. The van der Waals surface area contributed by atoms with Crippen molar-refractivity contribution >= 4 is 29.1 Å². The molecule has 0 saturated carbocycles. The van der Waals surface area contributed by atoms with Crippen molar-refractivity contribution in [3.8, 4) is 0 Å². The lowest BCUT2D eigenvalue weighted by Crippen LogP contribution is -2.16. The Bertz CT molecular complexity index is 624. The van der Waals surface area contributed by atoms with Crippen LogP contribution in [0.5, 0.6) is 0 Å². The molecule has 3 rings (SSSR count). The molecule has 0 bridgehead atoms. The second-order valence-corrected chi connectivity index (χ2v) is 6.61. The highest BCUT2D eigenvalue weighted by Crippen LogP contribution is 2.39. The Morgan fingerprint density at radius 2 is 2.35 bits per heavy atom. The van der Waals surface area contributed by atoms with E-state index in [1.165, 1.54) is 10.5 Å². The summed E-state index contributed by atoms with van der Waals surface area (Å²) in [4.78, 5) is 1.33. The van der Waals surface area contributed by atoms with E-state index in [0.29, 0.717) is 6.04 Å². The van der Waals surface area contributed by atoms with Gasteiger partial charge in [-0.15, -0.1) is 11.8 Å². The fraction of sp³-hybridized carbons (Fsp3) is 0.400. The van der Waals surface area contributed by atoms with Crippen LogP contribution < -0.4 is 5.32 Å². The lowest BCUT2D eigenvalue weighted by Gasteiger charge is -2.26. The zero-order chi connectivity index (χ0) is 14.1. The first-order valence-electron chi connectivity index (χ1n) is 6.88. The quantitative estimate of drug-likeness (QED) is 0.917. The SMILES string of the molecule is CCc1nn(C)cc1NC1CCSc2ccc(Cl)cc21. The molecule has 1 aromatic carbocycles. The molecule has 0 spiro atoms. The van der Waals surface area contributed by atoms with Gasteiger partial charge in [-0.1, -0.05) is 18.5 Å². The van der Waals surface area contributed by atoms with Crippen molar-refractivity contribution in [2.24, 2.45) is 7.05 Å². The van der Waals surface area contributed by atoms with E-state index in [2.05, 4.69) is 35.7 Å². The van der Waals surface area contributed by atoms with Crippen LogP contribution in [0.2, 0.25) is 5.02 Å². The maximum absolute atomic E-state index is 6.15. The van der Waals surface area contributed by atoms with Gasteiger partial charge in [0.15, 0.2) is 0 Å². The number of halogens is 1. The van der Waals surface area contributed by atoms with Crippen LogP contribution in [0, 0.1) is 0 Å². The number of thioether (sulfide) groups is 1. The molecule has 0 radical (unpaired) electrons. The molecule has 1 atom stereocenters. The van der Waals surface area contributed by atoms with Gasteiger partial charge in [0.05, 0.1) is 17.4 Å². The van der Waals surface area contributed by atoms with E-state index in [0.717, 1.165) is 35.0 Å². The molecule has 0 aliphatic carbocycles. The van der Waals surface area contributed by atoms with Gasteiger partial charge in [-0.3, -0.25) is 4.68 Å². The number of rotatable bonds is 3. The third-order valence-corrected chi connectivity index (χ3v) is 4.94. The molecule has 106 valence electrons. The first-order chi connectivity index (χ1) is 9.67. The zero-order valence-corrected chi connectivity index (χ0v) is 13.3. The van der Waals surface area contributed by atoms with Crippen LogP contribution in [0.15, 0.2) is 29.3 Å². The highest BCUT2D eigenvalue weighted by atomic mass is 35.5. The van der Waals surface area contributed by atoms with Crippen LogP contribution in [0.3, 0.4) is 0 Å². The van der Waals surface area contributed by atoms with E-state index in [4.69, 9.17) is 11.6 Å². The molecule has 2 heterocycles. The van der Waals surface area contributed by atoms with Crippen molar-refractivity contribution in [3.63, 3.8) is 0 Å². The van der Waals surface area contributed by atoms with Crippen LogP contribution in [0.4, 0.5) is 5.69 Å². The summed E-state index contributed by atoms with van der Waals surface area (Å²) in [5.41, 5.74) is 3.56. The molecule has 1 aromatic heterocycles. The fourth-order valence-corrected chi connectivity index (χ4v) is 3.91. The number of nitrogens with one attached hydrogen (secondary N) is 1. The van der Waals surface area contributed by atoms with Gasteiger partial charge in [0.25, 0.3) is 0 Å². The second-order valence-electron chi connectivity index (χ2n) is 5.03. The number of hydrogen-bond acceptors (Lipinski definition) is 3. The number of aromatic nitrogens is 2. The molecule has 5 heteroatoms. The first kappa shape index (κ1) is 13.8. The molecule has 0 fully saturated rings. The third kappa shape index (κ3) is 2.67. The van der Waals surface area contributed by atoms with Gasteiger partial charge in [-0.2, -0.15) is 5.10 Å². The summed E-state index contributed by atoms with van der Waals surface area (Å²) in [6, 6.07) is 6.50. The summed E-state index contributed by atoms with van der Waals surface area (Å²) >= 11 is 8.06. The van der Waals surface area contributed by atoms with Crippen LogP contribution >= 0.6 is 23.4 Å². The minimum absolute atomic E-state index is 0.319. The predicted molar refractivity (Wildman–Crippen MR) is 85.7 cm³/mol. The first-order valence-corrected chi connectivity index (χ1v) is 8.25. The van der Waals surface area contributed by atoms with Crippen LogP contribution in [-0.4, -0.2) is 15.5 Å². The van der Waals surface area contributed by atoms with E-state index < -0.39 is 0 Å². The minimum atomic E-state index is 0.319. The smallest absolute Gasteiger partial charge is 0.0853 e. The van der Waals surface area contributed by atoms with E-state index in [9.17, 15) is 0 Å². The lowest BCUT2D eigenvalue weighted by atomic mass is 10.0. The van der Waals surface area contributed by atoms with Gasteiger partial charge < -0.3 is 5.32 Å². The largest absolute Gasteiger partial charge is 0.375 e. The number of fused-ring (bicyclic) bond motifs is 1. The molecule has 1 unspecified atom stereocenters. The summed E-state index contributed by atoms with van der Waals surface area (Å²) in [5.74, 6) is 1.13. The number of nitrogens with zero attached hydrogens (tertiary/aromatic N) is 2. The van der Waals surface area contributed by atoms with Gasteiger partial charge in [0.1, 0.15) is 0 Å². The molecule has 1 aliphatic rings. The second kappa shape index (κ2) is 5.70. The lowest BCUT2D eigenvalue weighted by molar-refractivity contribution is 0.727. The summed E-state index contributed by atoms with van der Waals surface area (Å²) in [5, 5.41) is 8.95. The third-order valence-electron chi connectivity index (χ3n) is 3.58. The average Bonchev–Trinajstić information content (AvgIpc) is 2.79.